The van der Waals surface area contributed by atoms with Crippen LogP contribution in [-0.2, 0) is 9.47 Å². The number of hydrogen-bond donors (Lipinski definition) is 1. The van der Waals surface area contributed by atoms with Gasteiger partial charge in [0.2, 0.25) is 5.95 Å². The Hall–Kier alpha value is -2.87. The summed E-state index contributed by atoms with van der Waals surface area (Å²) in [6, 6.07) is 9.55. The smallest absolute Gasteiger partial charge is 0.416 e. The normalized spacial score (nSPS) is 20.1. The van der Waals surface area contributed by atoms with Gasteiger partial charge in [0, 0.05) is 6.20 Å². The lowest BCUT2D eigenvalue weighted by Crippen LogP contribution is -2.46. The second-order valence-corrected chi connectivity index (χ2v) is 10.1. The largest absolute Gasteiger partial charge is 0.493 e. The maximum Gasteiger partial charge on any atom is 0.416 e. The molecule has 1 aromatic carbocycles. The number of carbonyl (C=O) groups excluding carboxylic acids is 1. The van der Waals surface area contributed by atoms with Gasteiger partial charge in [-0.3, -0.25) is 4.90 Å². The van der Waals surface area contributed by atoms with Crippen molar-refractivity contribution in [3.63, 3.8) is 0 Å². The summed E-state index contributed by atoms with van der Waals surface area (Å²) >= 11 is 0. The third-order valence-electron chi connectivity index (χ3n) is 6.04. The molecule has 1 aliphatic carbocycles. The van der Waals surface area contributed by atoms with Crippen LogP contribution in [-0.4, -0.2) is 47.0 Å². The average Bonchev–Trinajstić information content (AvgIpc) is 3.56. The molecule has 8 heteroatoms. The van der Waals surface area contributed by atoms with Crippen molar-refractivity contribution in [2.45, 2.75) is 77.7 Å². The maximum atomic E-state index is 12.6. The van der Waals surface area contributed by atoms with Gasteiger partial charge in [0.05, 0.1) is 24.4 Å². The summed E-state index contributed by atoms with van der Waals surface area (Å²) in [6.07, 6.45) is 4.37. The predicted octanol–water partition coefficient (Wildman–Crippen LogP) is 5.36. The van der Waals surface area contributed by atoms with Crippen LogP contribution in [0.5, 0.6) is 5.75 Å². The molecule has 1 N–H and O–H groups in total. The van der Waals surface area contributed by atoms with Crippen LogP contribution in [0, 0.1) is 5.92 Å². The Morgan fingerprint density at radius 2 is 1.94 bits per heavy atom. The third-order valence-corrected chi connectivity index (χ3v) is 6.04. The Kier molecular flexibility index (Phi) is 7.26. The van der Waals surface area contributed by atoms with Crippen LogP contribution < -0.4 is 15.0 Å². The van der Waals surface area contributed by atoms with Crippen LogP contribution in [0.4, 0.5) is 16.6 Å². The molecule has 2 heterocycles. The molecule has 8 nitrogen and oxygen atoms in total. The molecule has 2 aliphatic rings. The molecule has 4 rings (SSSR count). The molecular formula is C26H36N4O4. The van der Waals surface area contributed by atoms with Crippen molar-refractivity contribution in [3.05, 3.63) is 42.1 Å². The summed E-state index contributed by atoms with van der Waals surface area (Å²) in [7, 11) is 0. The number of nitrogens with one attached hydrogen (secondary N) is 1. The van der Waals surface area contributed by atoms with Gasteiger partial charge in [-0.05, 0) is 76.6 Å². The number of cyclic esters (lactones) is 1. The summed E-state index contributed by atoms with van der Waals surface area (Å²) in [5.41, 5.74) is 0.764. The first-order valence-electron chi connectivity index (χ1n) is 12.2. The molecule has 0 radical (unpaired) electrons. The third kappa shape index (κ3) is 6.17. The zero-order chi connectivity index (χ0) is 24.3. The summed E-state index contributed by atoms with van der Waals surface area (Å²) in [5, 5.41) is 3.34. The Bertz CT molecular complexity index is 972. The number of nitrogens with zero attached hydrogens (tertiary/aromatic N) is 3. The number of amides is 1. The maximum absolute atomic E-state index is 12.6. The van der Waals surface area contributed by atoms with Gasteiger partial charge in [0.25, 0.3) is 0 Å². The monoisotopic (exact) mass is 468 g/mol. The van der Waals surface area contributed by atoms with E-state index in [1.807, 2.05) is 58.9 Å². The summed E-state index contributed by atoms with van der Waals surface area (Å²) in [4.78, 5) is 23.2. The van der Waals surface area contributed by atoms with Gasteiger partial charge in [-0.2, -0.15) is 4.98 Å². The average molecular weight is 469 g/mol. The van der Waals surface area contributed by atoms with E-state index in [0.29, 0.717) is 11.8 Å². The second-order valence-electron chi connectivity index (χ2n) is 10.1. The first-order valence-corrected chi connectivity index (χ1v) is 12.2. The highest BCUT2D eigenvalue weighted by Gasteiger charge is 2.41. The molecule has 1 amide bonds. The first-order chi connectivity index (χ1) is 16.2. The summed E-state index contributed by atoms with van der Waals surface area (Å²) in [5.74, 6) is 2.56. The van der Waals surface area contributed by atoms with E-state index >= 15 is 0 Å². The second kappa shape index (κ2) is 10.2. The molecule has 0 bridgehead atoms. The number of benzene rings is 1. The standard InChI is InChI=1S/C26H36N4O4/c1-6-22(34-26(3,4)5)21-16-33-25(31)30(21)23-13-14-27-24(29-23)28-17(2)19-9-11-20(12-10-19)32-15-18-7-8-18/h9-14,17-18,21-22H,6-8,15-16H2,1-5H3,(H,27,28,29)/t17-,21+,22+/m0/s1. The van der Waals surface area contributed by atoms with Crippen molar-refractivity contribution in [2.75, 3.05) is 23.4 Å². The number of aromatic nitrogens is 2. The SMILES string of the molecule is CC[C@@H](OC(C)(C)C)[C@H]1COC(=O)N1c1ccnc(N[C@@H](C)c2ccc(OCC3CC3)cc2)n1. The molecule has 2 fully saturated rings. The molecule has 3 atom stereocenters. The van der Waals surface area contributed by atoms with Crippen molar-refractivity contribution >= 4 is 17.9 Å². The molecule has 0 unspecified atom stereocenters. The lowest BCUT2D eigenvalue weighted by atomic mass is 10.1. The van der Waals surface area contributed by atoms with E-state index in [9.17, 15) is 4.79 Å². The Morgan fingerprint density at radius 3 is 2.59 bits per heavy atom. The molecule has 1 saturated heterocycles. The van der Waals surface area contributed by atoms with E-state index in [1.54, 1.807) is 17.2 Å². The number of hydrogen-bond acceptors (Lipinski definition) is 7. The zero-order valence-electron chi connectivity index (χ0n) is 20.8. The minimum atomic E-state index is -0.416. The molecule has 1 aliphatic heterocycles. The van der Waals surface area contributed by atoms with E-state index in [4.69, 9.17) is 14.2 Å². The van der Waals surface area contributed by atoms with Crippen LogP contribution in [0.15, 0.2) is 36.5 Å². The van der Waals surface area contributed by atoms with Crippen LogP contribution >= 0.6 is 0 Å². The van der Waals surface area contributed by atoms with Gasteiger partial charge in [-0.15, -0.1) is 0 Å². The van der Waals surface area contributed by atoms with Crippen LogP contribution in [0.3, 0.4) is 0 Å². The number of ether oxygens (including phenoxy) is 3. The minimum Gasteiger partial charge on any atom is -0.493 e. The van der Waals surface area contributed by atoms with Crippen molar-refractivity contribution < 1.29 is 19.0 Å². The van der Waals surface area contributed by atoms with Crippen molar-refractivity contribution in [1.82, 2.24) is 9.97 Å². The van der Waals surface area contributed by atoms with Crippen LogP contribution in [0.2, 0.25) is 0 Å². The van der Waals surface area contributed by atoms with Crippen molar-refractivity contribution in [2.24, 2.45) is 5.92 Å². The lowest BCUT2D eigenvalue weighted by Gasteiger charge is -2.33. The highest BCUT2D eigenvalue weighted by molar-refractivity contribution is 5.89. The molecule has 34 heavy (non-hydrogen) atoms. The van der Waals surface area contributed by atoms with Gasteiger partial charge >= 0.3 is 6.09 Å². The fourth-order valence-corrected chi connectivity index (χ4v) is 4.04. The molecule has 0 spiro atoms. The van der Waals surface area contributed by atoms with Gasteiger partial charge in [0.15, 0.2) is 0 Å². The quantitative estimate of drug-likeness (QED) is 0.502. The Labute approximate surface area is 202 Å². The fraction of sp³-hybridized carbons (Fsp3) is 0.577. The molecule has 1 saturated carbocycles. The van der Waals surface area contributed by atoms with Gasteiger partial charge in [-0.1, -0.05) is 19.1 Å². The molecule has 2 aromatic rings. The number of rotatable bonds is 10. The Balaban J connectivity index is 1.44. The summed E-state index contributed by atoms with van der Waals surface area (Å²) < 4.78 is 17.4. The van der Waals surface area contributed by atoms with Crippen LogP contribution in [0.1, 0.15) is 65.5 Å². The lowest BCUT2D eigenvalue weighted by molar-refractivity contribution is -0.0718. The van der Waals surface area contributed by atoms with Crippen molar-refractivity contribution in [1.29, 1.82) is 0 Å². The van der Waals surface area contributed by atoms with Gasteiger partial charge < -0.3 is 19.5 Å². The number of anilines is 2. The highest BCUT2D eigenvalue weighted by atomic mass is 16.6. The fourth-order valence-electron chi connectivity index (χ4n) is 4.04. The summed E-state index contributed by atoms with van der Waals surface area (Å²) in [6.45, 7) is 11.2. The first kappa shape index (κ1) is 24.3. The molecular weight excluding hydrogens is 432 g/mol. The Morgan fingerprint density at radius 1 is 1.21 bits per heavy atom. The van der Waals surface area contributed by atoms with E-state index < -0.39 is 6.09 Å². The zero-order valence-corrected chi connectivity index (χ0v) is 20.8. The van der Waals surface area contributed by atoms with Gasteiger partial charge in [0.1, 0.15) is 24.2 Å². The van der Waals surface area contributed by atoms with E-state index in [0.717, 1.165) is 30.3 Å². The number of carbonyl (C=O) groups is 1. The van der Waals surface area contributed by atoms with Crippen LogP contribution in [0.25, 0.3) is 0 Å². The van der Waals surface area contributed by atoms with E-state index in [1.165, 1.54) is 12.8 Å². The highest BCUT2D eigenvalue weighted by Crippen LogP contribution is 2.31. The predicted molar refractivity (Wildman–Crippen MR) is 131 cm³/mol. The van der Waals surface area contributed by atoms with E-state index in [-0.39, 0.29) is 30.4 Å². The molecule has 1 aromatic heterocycles. The van der Waals surface area contributed by atoms with Crippen molar-refractivity contribution in [3.8, 4) is 5.75 Å². The minimum absolute atomic E-state index is 0.0262. The van der Waals surface area contributed by atoms with E-state index in [2.05, 4.69) is 15.3 Å². The topological polar surface area (TPSA) is 85.8 Å². The van der Waals surface area contributed by atoms with Gasteiger partial charge in [-0.25, -0.2) is 9.78 Å². The molecule has 184 valence electrons.